The largest absolute Gasteiger partial charge is 0.325 e. The SMILES string of the molecule is O=c1c2cc(Cl)ccc2nc(Nc2ccc(CN3CCC3)cc2)n1-c1cccnc1. The molecule has 7 heteroatoms. The van der Waals surface area contributed by atoms with Crippen molar-refractivity contribution in [3.05, 3.63) is 87.9 Å². The van der Waals surface area contributed by atoms with E-state index < -0.39 is 0 Å². The fourth-order valence-corrected chi connectivity index (χ4v) is 3.76. The Morgan fingerprint density at radius 1 is 1.07 bits per heavy atom. The minimum atomic E-state index is -0.201. The average molecular weight is 418 g/mol. The molecule has 0 saturated carbocycles. The van der Waals surface area contributed by atoms with Gasteiger partial charge in [0.05, 0.1) is 22.8 Å². The fraction of sp³-hybridized carbons (Fsp3) is 0.174. The zero-order valence-corrected chi connectivity index (χ0v) is 17.0. The molecule has 1 aliphatic heterocycles. The van der Waals surface area contributed by atoms with E-state index in [0.29, 0.717) is 27.6 Å². The standard InChI is InChI=1S/C23H20ClN5O/c24-17-6-9-21-20(13-17)22(30)29(19-3-1-10-25-14-19)23(27-21)26-18-7-4-16(5-8-18)15-28-11-2-12-28/h1,3-10,13-14H,2,11-12,15H2,(H,26,27). The van der Waals surface area contributed by atoms with Crippen LogP contribution >= 0.6 is 11.6 Å². The lowest BCUT2D eigenvalue weighted by Gasteiger charge is -2.30. The van der Waals surface area contributed by atoms with Gasteiger partial charge in [-0.2, -0.15) is 0 Å². The number of anilines is 2. The molecule has 1 fully saturated rings. The maximum Gasteiger partial charge on any atom is 0.267 e. The zero-order valence-electron chi connectivity index (χ0n) is 16.3. The third kappa shape index (κ3) is 3.67. The Morgan fingerprint density at radius 3 is 2.60 bits per heavy atom. The van der Waals surface area contributed by atoms with Crippen molar-refractivity contribution in [2.75, 3.05) is 18.4 Å². The summed E-state index contributed by atoms with van der Waals surface area (Å²) in [5, 5.41) is 4.26. The molecule has 0 amide bonds. The minimum Gasteiger partial charge on any atom is -0.325 e. The molecule has 1 N–H and O–H groups in total. The molecule has 2 aromatic carbocycles. The van der Waals surface area contributed by atoms with Gasteiger partial charge < -0.3 is 5.32 Å². The summed E-state index contributed by atoms with van der Waals surface area (Å²) in [6.45, 7) is 3.31. The number of likely N-dealkylation sites (tertiary alicyclic amines) is 1. The molecule has 0 radical (unpaired) electrons. The van der Waals surface area contributed by atoms with Crippen LogP contribution in [0.4, 0.5) is 11.6 Å². The zero-order chi connectivity index (χ0) is 20.5. The summed E-state index contributed by atoms with van der Waals surface area (Å²) in [5.41, 5.74) is 3.15. The van der Waals surface area contributed by atoms with Crippen molar-refractivity contribution in [3.8, 4) is 5.69 Å². The van der Waals surface area contributed by atoms with E-state index in [1.54, 1.807) is 36.7 Å². The Balaban J connectivity index is 1.55. The molecule has 4 aromatic rings. The van der Waals surface area contributed by atoms with Gasteiger partial charge in [-0.3, -0.25) is 14.7 Å². The summed E-state index contributed by atoms with van der Waals surface area (Å²) in [6, 6.07) is 17.0. The molecule has 5 rings (SSSR count). The predicted octanol–water partition coefficient (Wildman–Crippen LogP) is 4.38. The summed E-state index contributed by atoms with van der Waals surface area (Å²) in [4.78, 5) is 24.6. The number of hydrogen-bond donors (Lipinski definition) is 1. The topological polar surface area (TPSA) is 63.1 Å². The number of rotatable bonds is 5. The lowest BCUT2D eigenvalue weighted by atomic mass is 10.1. The van der Waals surface area contributed by atoms with Gasteiger partial charge in [-0.05, 0) is 67.5 Å². The molecule has 30 heavy (non-hydrogen) atoms. The van der Waals surface area contributed by atoms with Crippen LogP contribution in [0.15, 0.2) is 71.8 Å². The van der Waals surface area contributed by atoms with Crippen molar-refractivity contribution in [1.29, 1.82) is 0 Å². The summed E-state index contributed by atoms with van der Waals surface area (Å²) in [7, 11) is 0. The molecule has 0 bridgehead atoms. The Hall–Kier alpha value is -3.22. The first kappa shape index (κ1) is 18.8. The number of pyridine rings is 1. The van der Waals surface area contributed by atoms with Crippen molar-refractivity contribution in [2.45, 2.75) is 13.0 Å². The first-order valence-corrected chi connectivity index (χ1v) is 10.3. The third-order valence-corrected chi connectivity index (χ3v) is 5.53. The molecule has 2 aromatic heterocycles. The van der Waals surface area contributed by atoms with Crippen molar-refractivity contribution < 1.29 is 0 Å². The van der Waals surface area contributed by atoms with Crippen molar-refractivity contribution >= 4 is 34.1 Å². The van der Waals surface area contributed by atoms with Gasteiger partial charge in [0, 0.05) is 23.5 Å². The Labute approximate surface area is 178 Å². The van der Waals surface area contributed by atoms with Gasteiger partial charge in [0.15, 0.2) is 0 Å². The third-order valence-electron chi connectivity index (χ3n) is 5.30. The molecule has 3 heterocycles. The van der Waals surface area contributed by atoms with E-state index in [1.807, 2.05) is 18.2 Å². The second-order valence-corrected chi connectivity index (χ2v) is 7.84. The highest BCUT2D eigenvalue weighted by atomic mass is 35.5. The van der Waals surface area contributed by atoms with Crippen molar-refractivity contribution in [1.82, 2.24) is 19.4 Å². The molecule has 0 aliphatic carbocycles. The van der Waals surface area contributed by atoms with Gasteiger partial charge in [-0.1, -0.05) is 23.7 Å². The molecular weight excluding hydrogens is 398 g/mol. The van der Waals surface area contributed by atoms with E-state index in [2.05, 4.69) is 27.3 Å². The van der Waals surface area contributed by atoms with E-state index in [0.717, 1.165) is 12.2 Å². The molecule has 0 atom stereocenters. The van der Waals surface area contributed by atoms with Crippen molar-refractivity contribution in [3.63, 3.8) is 0 Å². The van der Waals surface area contributed by atoms with Gasteiger partial charge in [0.1, 0.15) is 0 Å². The molecule has 6 nitrogen and oxygen atoms in total. The van der Waals surface area contributed by atoms with E-state index >= 15 is 0 Å². The number of halogens is 1. The van der Waals surface area contributed by atoms with Crippen LogP contribution in [0.5, 0.6) is 0 Å². The Kier molecular flexibility index (Phi) is 4.94. The number of fused-ring (bicyclic) bond motifs is 1. The first-order chi connectivity index (χ1) is 14.7. The summed E-state index contributed by atoms with van der Waals surface area (Å²) >= 11 is 6.12. The number of aromatic nitrogens is 3. The minimum absolute atomic E-state index is 0.201. The van der Waals surface area contributed by atoms with Crippen LogP contribution in [0.2, 0.25) is 5.02 Å². The predicted molar refractivity (Wildman–Crippen MR) is 120 cm³/mol. The number of nitrogens with one attached hydrogen (secondary N) is 1. The van der Waals surface area contributed by atoms with Gasteiger partial charge in [0.25, 0.3) is 5.56 Å². The molecule has 0 unspecified atom stereocenters. The van der Waals surface area contributed by atoms with Crippen molar-refractivity contribution in [2.24, 2.45) is 0 Å². The highest BCUT2D eigenvalue weighted by Crippen LogP contribution is 2.22. The Morgan fingerprint density at radius 2 is 1.90 bits per heavy atom. The molecule has 0 spiro atoms. The highest BCUT2D eigenvalue weighted by Gasteiger charge is 2.15. The van der Waals surface area contributed by atoms with Crippen LogP contribution in [0.25, 0.3) is 16.6 Å². The van der Waals surface area contributed by atoms with Crippen LogP contribution in [-0.2, 0) is 6.54 Å². The smallest absolute Gasteiger partial charge is 0.267 e. The summed E-state index contributed by atoms with van der Waals surface area (Å²) in [5.74, 6) is 0.429. The molecule has 1 saturated heterocycles. The molecular formula is C23H20ClN5O. The second kappa shape index (κ2) is 7.89. The molecule has 150 valence electrons. The van der Waals surface area contributed by atoms with Crippen LogP contribution in [0, 0.1) is 0 Å². The normalized spacial score (nSPS) is 13.9. The van der Waals surface area contributed by atoms with E-state index in [4.69, 9.17) is 16.6 Å². The quantitative estimate of drug-likeness (QED) is 0.522. The monoisotopic (exact) mass is 417 g/mol. The fourth-order valence-electron chi connectivity index (χ4n) is 3.59. The number of benzene rings is 2. The average Bonchev–Trinajstić information content (AvgIpc) is 2.73. The second-order valence-electron chi connectivity index (χ2n) is 7.40. The summed E-state index contributed by atoms with van der Waals surface area (Å²) in [6.07, 6.45) is 4.59. The van der Waals surface area contributed by atoms with E-state index in [1.165, 1.54) is 29.6 Å². The highest BCUT2D eigenvalue weighted by molar-refractivity contribution is 6.31. The number of nitrogens with zero attached hydrogens (tertiary/aromatic N) is 4. The maximum absolute atomic E-state index is 13.3. The first-order valence-electron chi connectivity index (χ1n) is 9.88. The Bertz CT molecular complexity index is 1250. The van der Waals surface area contributed by atoms with Gasteiger partial charge in [-0.15, -0.1) is 0 Å². The van der Waals surface area contributed by atoms with E-state index in [9.17, 15) is 4.79 Å². The van der Waals surface area contributed by atoms with Crippen LogP contribution in [-0.4, -0.2) is 32.5 Å². The van der Waals surface area contributed by atoms with Crippen LogP contribution < -0.4 is 10.9 Å². The summed E-state index contributed by atoms with van der Waals surface area (Å²) < 4.78 is 1.53. The lowest BCUT2D eigenvalue weighted by Crippen LogP contribution is -2.36. The van der Waals surface area contributed by atoms with Crippen LogP contribution in [0.1, 0.15) is 12.0 Å². The van der Waals surface area contributed by atoms with E-state index in [-0.39, 0.29) is 5.56 Å². The van der Waals surface area contributed by atoms with Crippen LogP contribution in [0.3, 0.4) is 0 Å². The van der Waals surface area contributed by atoms with Gasteiger partial charge in [-0.25, -0.2) is 9.55 Å². The maximum atomic E-state index is 13.3. The lowest BCUT2D eigenvalue weighted by molar-refractivity contribution is 0.172. The van der Waals surface area contributed by atoms with Gasteiger partial charge >= 0.3 is 0 Å². The van der Waals surface area contributed by atoms with Gasteiger partial charge in [0.2, 0.25) is 5.95 Å². The number of hydrogen-bond acceptors (Lipinski definition) is 5. The molecule has 1 aliphatic rings.